The lowest BCUT2D eigenvalue weighted by Crippen LogP contribution is -2.07. The molecule has 30 heavy (non-hydrogen) atoms. The SMILES string of the molecule is FC(F)(F)c1cncc(NCc2cn(-c3ccc(Oc4ccccc4)cc3)nn2)c1. The molecule has 0 fully saturated rings. The van der Waals surface area contributed by atoms with Gasteiger partial charge in [0.15, 0.2) is 0 Å². The summed E-state index contributed by atoms with van der Waals surface area (Å²) in [5.41, 5.74) is 0.780. The number of benzene rings is 2. The van der Waals surface area contributed by atoms with Gasteiger partial charge in [-0.3, -0.25) is 4.98 Å². The Hall–Kier alpha value is -3.88. The molecule has 2 aromatic heterocycles. The lowest BCUT2D eigenvalue weighted by atomic mass is 10.2. The quantitative estimate of drug-likeness (QED) is 0.479. The Morgan fingerprint density at radius 1 is 0.933 bits per heavy atom. The number of pyridine rings is 1. The fourth-order valence-electron chi connectivity index (χ4n) is 2.68. The van der Waals surface area contributed by atoms with E-state index in [1.165, 1.54) is 6.20 Å². The molecule has 2 heterocycles. The number of nitrogens with zero attached hydrogens (tertiary/aromatic N) is 4. The van der Waals surface area contributed by atoms with Crippen molar-refractivity contribution in [2.24, 2.45) is 0 Å². The molecular weight excluding hydrogens is 395 g/mol. The van der Waals surface area contributed by atoms with E-state index < -0.39 is 11.7 Å². The van der Waals surface area contributed by atoms with Gasteiger partial charge in [-0.25, -0.2) is 4.68 Å². The third kappa shape index (κ3) is 4.75. The molecule has 1 N–H and O–H groups in total. The van der Waals surface area contributed by atoms with Crippen molar-refractivity contribution in [3.8, 4) is 17.2 Å². The van der Waals surface area contributed by atoms with Gasteiger partial charge in [-0.1, -0.05) is 23.4 Å². The van der Waals surface area contributed by atoms with E-state index in [4.69, 9.17) is 4.74 Å². The molecule has 0 radical (unpaired) electrons. The zero-order valence-corrected chi connectivity index (χ0v) is 15.5. The third-order valence-electron chi connectivity index (χ3n) is 4.16. The summed E-state index contributed by atoms with van der Waals surface area (Å²) in [7, 11) is 0. The first-order chi connectivity index (χ1) is 14.5. The fraction of sp³-hybridized carbons (Fsp3) is 0.0952. The molecule has 0 aliphatic rings. The first-order valence-electron chi connectivity index (χ1n) is 8.98. The number of halogens is 3. The van der Waals surface area contributed by atoms with Crippen molar-refractivity contribution in [3.05, 3.63) is 90.5 Å². The zero-order valence-electron chi connectivity index (χ0n) is 15.5. The highest BCUT2D eigenvalue weighted by atomic mass is 19.4. The van der Waals surface area contributed by atoms with E-state index in [1.54, 1.807) is 10.9 Å². The van der Waals surface area contributed by atoms with E-state index in [1.807, 2.05) is 54.6 Å². The molecule has 0 amide bonds. The van der Waals surface area contributed by atoms with Crippen LogP contribution in [0.2, 0.25) is 0 Å². The second-order valence-electron chi connectivity index (χ2n) is 6.38. The summed E-state index contributed by atoms with van der Waals surface area (Å²) >= 11 is 0. The van der Waals surface area contributed by atoms with Crippen molar-refractivity contribution in [1.29, 1.82) is 0 Å². The van der Waals surface area contributed by atoms with Crippen molar-refractivity contribution in [3.63, 3.8) is 0 Å². The van der Waals surface area contributed by atoms with Gasteiger partial charge in [0.05, 0.1) is 29.7 Å². The zero-order chi connectivity index (χ0) is 21.0. The molecular formula is C21H16F3N5O. The van der Waals surface area contributed by atoms with E-state index in [-0.39, 0.29) is 12.2 Å². The summed E-state index contributed by atoms with van der Waals surface area (Å²) in [5.74, 6) is 1.42. The predicted molar refractivity (Wildman–Crippen MR) is 104 cm³/mol. The van der Waals surface area contributed by atoms with Crippen molar-refractivity contribution >= 4 is 5.69 Å². The van der Waals surface area contributed by atoms with Crippen LogP contribution >= 0.6 is 0 Å². The summed E-state index contributed by atoms with van der Waals surface area (Å²) in [6, 6.07) is 17.7. The number of hydrogen-bond acceptors (Lipinski definition) is 5. The van der Waals surface area contributed by atoms with Crippen molar-refractivity contribution in [1.82, 2.24) is 20.0 Å². The molecule has 0 unspecified atom stereocenters. The van der Waals surface area contributed by atoms with Gasteiger partial charge in [-0.2, -0.15) is 13.2 Å². The van der Waals surface area contributed by atoms with E-state index >= 15 is 0 Å². The molecule has 4 rings (SSSR count). The van der Waals surface area contributed by atoms with Gasteiger partial charge in [-0.15, -0.1) is 5.10 Å². The Labute approximate surface area is 170 Å². The summed E-state index contributed by atoms with van der Waals surface area (Å²) in [5, 5.41) is 11.0. The molecule has 6 nitrogen and oxygen atoms in total. The fourth-order valence-corrected chi connectivity index (χ4v) is 2.68. The Kier molecular flexibility index (Phi) is 5.34. The van der Waals surface area contributed by atoms with Gasteiger partial charge in [-0.05, 0) is 42.5 Å². The first-order valence-corrected chi connectivity index (χ1v) is 8.98. The van der Waals surface area contributed by atoms with Crippen LogP contribution in [0.4, 0.5) is 18.9 Å². The minimum absolute atomic E-state index is 0.207. The number of para-hydroxylation sites is 1. The van der Waals surface area contributed by atoms with Gasteiger partial charge in [0.2, 0.25) is 0 Å². The molecule has 0 aliphatic heterocycles. The van der Waals surface area contributed by atoms with Crippen molar-refractivity contribution in [2.75, 3.05) is 5.32 Å². The van der Waals surface area contributed by atoms with Crippen LogP contribution in [-0.2, 0) is 12.7 Å². The number of aromatic nitrogens is 4. The van der Waals surface area contributed by atoms with E-state index in [0.717, 1.165) is 23.7 Å². The van der Waals surface area contributed by atoms with Crippen LogP contribution in [-0.4, -0.2) is 20.0 Å². The second-order valence-corrected chi connectivity index (χ2v) is 6.38. The van der Waals surface area contributed by atoms with Gasteiger partial charge >= 0.3 is 6.18 Å². The maximum absolute atomic E-state index is 12.8. The van der Waals surface area contributed by atoms with Crippen LogP contribution in [0.3, 0.4) is 0 Å². The molecule has 152 valence electrons. The highest BCUT2D eigenvalue weighted by Crippen LogP contribution is 2.30. The van der Waals surface area contributed by atoms with E-state index in [2.05, 4.69) is 20.6 Å². The van der Waals surface area contributed by atoms with Crippen LogP contribution in [0.1, 0.15) is 11.3 Å². The lowest BCUT2D eigenvalue weighted by molar-refractivity contribution is -0.137. The number of alkyl halides is 3. The van der Waals surface area contributed by atoms with E-state index in [0.29, 0.717) is 11.4 Å². The van der Waals surface area contributed by atoms with E-state index in [9.17, 15) is 13.2 Å². The summed E-state index contributed by atoms with van der Waals surface area (Å²) < 4.78 is 45.6. The maximum atomic E-state index is 12.8. The van der Waals surface area contributed by atoms with Crippen LogP contribution in [0.15, 0.2) is 79.3 Å². The normalized spacial score (nSPS) is 11.3. The lowest BCUT2D eigenvalue weighted by Gasteiger charge is -2.08. The second kappa shape index (κ2) is 8.24. The van der Waals surface area contributed by atoms with Crippen molar-refractivity contribution < 1.29 is 17.9 Å². The van der Waals surface area contributed by atoms with Crippen LogP contribution in [0, 0.1) is 0 Å². The molecule has 0 atom stereocenters. The average molecular weight is 411 g/mol. The number of hydrogen-bond donors (Lipinski definition) is 1. The molecule has 0 aliphatic carbocycles. The molecule has 0 bridgehead atoms. The van der Waals surface area contributed by atoms with Gasteiger partial charge in [0.1, 0.15) is 17.2 Å². The molecule has 0 saturated carbocycles. The van der Waals surface area contributed by atoms with Crippen LogP contribution < -0.4 is 10.1 Å². The van der Waals surface area contributed by atoms with Crippen LogP contribution in [0.5, 0.6) is 11.5 Å². The highest BCUT2D eigenvalue weighted by molar-refractivity contribution is 5.44. The number of nitrogens with one attached hydrogen (secondary N) is 1. The average Bonchev–Trinajstić information content (AvgIpc) is 3.22. The molecule has 2 aromatic carbocycles. The predicted octanol–water partition coefficient (Wildman–Crippen LogP) is 5.09. The summed E-state index contributed by atoms with van der Waals surface area (Å²) in [4.78, 5) is 3.62. The number of anilines is 1. The van der Waals surface area contributed by atoms with Crippen LogP contribution in [0.25, 0.3) is 5.69 Å². The highest BCUT2D eigenvalue weighted by Gasteiger charge is 2.31. The molecule has 9 heteroatoms. The topological polar surface area (TPSA) is 64.9 Å². The molecule has 4 aromatic rings. The van der Waals surface area contributed by atoms with Gasteiger partial charge in [0, 0.05) is 12.4 Å². The number of rotatable bonds is 6. The first kappa shape index (κ1) is 19.4. The Balaban J connectivity index is 1.39. The third-order valence-corrected chi connectivity index (χ3v) is 4.16. The maximum Gasteiger partial charge on any atom is 0.417 e. The standard InChI is InChI=1S/C21H16F3N5O/c22-21(23,24)15-10-16(12-25-11-15)26-13-17-14-29(28-27-17)18-6-8-20(9-7-18)30-19-4-2-1-3-5-19/h1-12,14,26H,13H2. The Morgan fingerprint density at radius 2 is 1.67 bits per heavy atom. The Morgan fingerprint density at radius 3 is 2.40 bits per heavy atom. The molecule has 0 saturated heterocycles. The van der Waals surface area contributed by atoms with Gasteiger partial charge in [0.25, 0.3) is 0 Å². The minimum Gasteiger partial charge on any atom is -0.457 e. The Bertz CT molecular complexity index is 1110. The summed E-state index contributed by atoms with van der Waals surface area (Å²) in [6.45, 7) is 0.207. The monoisotopic (exact) mass is 411 g/mol. The smallest absolute Gasteiger partial charge is 0.417 e. The molecule has 0 spiro atoms. The van der Waals surface area contributed by atoms with Crippen molar-refractivity contribution in [2.45, 2.75) is 12.7 Å². The number of ether oxygens (including phenoxy) is 1. The largest absolute Gasteiger partial charge is 0.457 e. The van der Waals surface area contributed by atoms with Gasteiger partial charge < -0.3 is 10.1 Å². The minimum atomic E-state index is -4.44. The summed E-state index contributed by atoms with van der Waals surface area (Å²) in [6.07, 6.45) is -0.636.